The number of aromatic nitrogens is 5. The third-order valence-corrected chi connectivity index (χ3v) is 6.31. The Labute approximate surface area is 172 Å². The molecular weight excluding hydrogens is 388 g/mol. The molecule has 1 aliphatic rings. The number of hydrogen-bond acceptors (Lipinski definition) is 7. The Morgan fingerprint density at radius 3 is 3.10 bits per heavy atom. The molecule has 29 heavy (non-hydrogen) atoms. The molecule has 1 atom stereocenters. The summed E-state index contributed by atoms with van der Waals surface area (Å²) in [6.07, 6.45) is 6.39. The Balaban J connectivity index is 1.55. The van der Waals surface area contributed by atoms with Crippen molar-refractivity contribution in [3.05, 3.63) is 35.9 Å². The largest absolute Gasteiger partial charge is 0.494 e. The molecule has 0 saturated heterocycles. The molecule has 0 radical (unpaired) electrons. The molecule has 3 N–H and O–H groups in total. The highest BCUT2D eigenvalue weighted by Crippen LogP contribution is 2.38. The fraction of sp³-hybridized carbons (Fsp3) is 0.350. The van der Waals surface area contributed by atoms with Gasteiger partial charge in [0.25, 0.3) is 0 Å². The summed E-state index contributed by atoms with van der Waals surface area (Å²) in [6.45, 7) is 2.74. The maximum atomic E-state index is 5.60. The van der Waals surface area contributed by atoms with E-state index < -0.39 is 0 Å². The summed E-state index contributed by atoms with van der Waals surface area (Å²) >= 11 is 1.59. The van der Waals surface area contributed by atoms with Crippen LogP contribution in [0.25, 0.3) is 21.9 Å². The molecule has 5 rings (SSSR count). The highest BCUT2D eigenvalue weighted by molar-refractivity contribution is 7.95. The molecule has 8 nitrogen and oxygen atoms in total. The molecule has 0 bridgehead atoms. The first-order chi connectivity index (χ1) is 14.3. The molecule has 4 aromatic rings. The van der Waals surface area contributed by atoms with Gasteiger partial charge in [0.05, 0.1) is 36.5 Å². The van der Waals surface area contributed by atoms with Crippen molar-refractivity contribution in [1.29, 1.82) is 0 Å². The van der Waals surface area contributed by atoms with Crippen molar-refractivity contribution in [2.24, 2.45) is 0 Å². The van der Waals surface area contributed by atoms with Crippen LogP contribution in [0.2, 0.25) is 0 Å². The number of benzene rings is 1. The summed E-state index contributed by atoms with van der Waals surface area (Å²) < 4.78 is 11.2. The van der Waals surface area contributed by atoms with E-state index in [0.29, 0.717) is 11.9 Å². The van der Waals surface area contributed by atoms with Crippen LogP contribution in [0, 0.1) is 0 Å². The minimum absolute atomic E-state index is 0.436. The van der Waals surface area contributed by atoms with Crippen molar-refractivity contribution < 1.29 is 8.92 Å². The Morgan fingerprint density at radius 2 is 2.24 bits per heavy atom. The van der Waals surface area contributed by atoms with E-state index in [0.717, 1.165) is 58.5 Å². The lowest BCUT2D eigenvalue weighted by molar-refractivity contribution is 0.395. The zero-order valence-electron chi connectivity index (χ0n) is 16.3. The van der Waals surface area contributed by atoms with Gasteiger partial charge in [-0.25, -0.2) is 9.97 Å². The van der Waals surface area contributed by atoms with E-state index in [1.807, 2.05) is 19.1 Å². The van der Waals surface area contributed by atoms with Gasteiger partial charge in [-0.3, -0.25) is 5.10 Å². The maximum absolute atomic E-state index is 5.60. The molecule has 1 aliphatic carbocycles. The van der Waals surface area contributed by atoms with Gasteiger partial charge in [-0.2, -0.15) is 5.10 Å². The molecule has 9 heteroatoms. The third-order valence-electron chi connectivity index (χ3n) is 5.27. The number of hydrogen-bond donors (Lipinski definition) is 3. The van der Waals surface area contributed by atoms with Crippen LogP contribution in [-0.4, -0.2) is 44.1 Å². The SMILES string of the molecule is CCOSC1CCc2[nH]c3ncnc(Nc4cc5cn[nH]c5cc4OC)c3c2C1. The van der Waals surface area contributed by atoms with Gasteiger partial charge < -0.3 is 19.2 Å². The van der Waals surface area contributed by atoms with E-state index in [2.05, 4.69) is 30.5 Å². The second kappa shape index (κ2) is 7.57. The predicted molar refractivity (Wildman–Crippen MR) is 115 cm³/mol. The first-order valence-electron chi connectivity index (χ1n) is 9.67. The van der Waals surface area contributed by atoms with Crippen molar-refractivity contribution in [2.75, 3.05) is 19.0 Å². The summed E-state index contributed by atoms with van der Waals surface area (Å²) in [5.41, 5.74) is 5.14. The third kappa shape index (κ3) is 3.30. The Morgan fingerprint density at radius 1 is 1.31 bits per heavy atom. The van der Waals surface area contributed by atoms with E-state index in [-0.39, 0.29) is 0 Å². The van der Waals surface area contributed by atoms with Gasteiger partial charge in [0, 0.05) is 22.4 Å². The molecule has 3 aromatic heterocycles. The number of aryl methyl sites for hydroxylation is 1. The van der Waals surface area contributed by atoms with Gasteiger partial charge in [-0.1, -0.05) is 0 Å². The first-order valence-corrected chi connectivity index (χ1v) is 10.5. The fourth-order valence-corrected chi connectivity index (χ4v) is 4.69. The Kier molecular flexibility index (Phi) is 4.76. The molecule has 0 amide bonds. The van der Waals surface area contributed by atoms with Gasteiger partial charge in [-0.15, -0.1) is 0 Å². The maximum Gasteiger partial charge on any atom is 0.144 e. The molecule has 150 valence electrons. The number of anilines is 2. The molecule has 0 spiro atoms. The van der Waals surface area contributed by atoms with Crippen molar-refractivity contribution >= 4 is 45.5 Å². The lowest BCUT2D eigenvalue weighted by atomic mass is 9.95. The lowest BCUT2D eigenvalue weighted by Gasteiger charge is -2.21. The molecule has 1 unspecified atom stereocenters. The van der Waals surface area contributed by atoms with E-state index >= 15 is 0 Å². The van der Waals surface area contributed by atoms with Crippen LogP contribution in [0.5, 0.6) is 5.75 Å². The van der Waals surface area contributed by atoms with Crippen LogP contribution in [0.3, 0.4) is 0 Å². The summed E-state index contributed by atoms with van der Waals surface area (Å²) in [4.78, 5) is 12.5. The number of nitrogens with one attached hydrogen (secondary N) is 3. The summed E-state index contributed by atoms with van der Waals surface area (Å²) in [5, 5.41) is 13.0. The van der Waals surface area contributed by atoms with Crippen LogP contribution in [0.1, 0.15) is 24.6 Å². The number of ether oxygens (including phenoxy) is 1. The summed E-state index contributed by atoms with van der Waals surface area (Å²) in [6, 6.07) is 3.95. The minimum Gasteiger partial charge on any atom is -0.494 e. The molecule has 0 aliphatic heterocycles. The van der Waals surface area contributed by atoms with Crippen LogP contribution >= 0.6 is 12.0 Å². The topological polar surface area (TPSA) is 101 Å². The number of fused-ring (bicyclic) bond motifs is 4. The van der Waals surface area contributed by atoms with Crippen LogP contribution in [0.15, 0.2) is 24.7 Å². The van der Waals surface area contributed by atoms with E-state index in [1.54, 1.807) is 31.7 Å². The summed E-state index contributed by atoms with van der Waals surface area (Å²) in [7, 11) is 1.66. The minimum atomic E-state index is 0.436. The zero-order valence-corrected chi connectivity index (χ0v) is 17.1. The van der Waals surface area contributed by atoms with E-state index in [1.165, 1.54) is 11.3 Å². The van der Waals surface area contributed by atoms with Crippen LogP contribution < -0.4 is 10.1 Å². The number of nitrogens with zero attached hydrogens (tertiary/aromatic N) is 3. The van der Waals surface area contributed by atoms with Crippen molar-refractivity contribution in [1.82, 2.24) is 25.1 Å². The van der Waals surface area contributed by atoms with Gasteiger partial charge in [0.1, 0.15) is 23.5 Å². The second-order valence-electron chi connectivity index (χ2n) is 7.03. The number of H-pyrrole nitrogens is 2. The van der Waals surface area contributed by atoms with Crippen molar-refractivity contribution in [3.8, 4) is 5.75 Å². The van der Waals surface area contributed by atoms with E-state index in [4.69, 9.17) is 8.92 Å². The van der Waals surface area contributed by atoms with Gasteiger partial charge >= 0.3 is 0 Å². The predicted octanol–water partition coefficient (Wildman–Crippen LogP) is 4.13. The molecule has 0 fully saturated rings. The fourth-order valence-electron chi connectivity index (χ4n) is 3.92. The highest BCUT2D eigenvalue weighted by Gasteiger charge is 2.26. The monoisotopic (exact) mass is 410 g/mol. The Bertz CT molecular complexity index is 1170. The van der Waals surface area contributed by atoms with Crippen LogP contribution in [0.4, 0.5) is 11.5 Å². The average molecular weight is 411 g/mol. The first kappa shape index (κ1) is 18.3. The molecule has 0 saturated carbocycles. The van der Waals surface area contributed by atoms with Crippen molar-refractivity contribution in [2.45, 2.75) is 31.4 Å². The van der Waals surface area contributed by atoms with Gasteiger partial charge in [0.15, 0.2) is 0 Å². The standard InChI is InChI=1S/C20H22N6O2S/c1-3-28-29-12-4-5-14-13(7-12)18-19(24-14)21-10-22-20(18)25-16-6-11-9-23-26-15(11)8-17(16)27-2/h6,8-10,12H,3-5,7H2,1-2H3,(H,23,26)(H2,21,22,24,25). The second-order valence-corrected chi connectivity index (χ2v) is 8.13. The quantitative estimate of drug-likeness (QED) is 0.411. The van der Waals surface area contributed by atoms with Crippen LogP contribution in [-0.2, 0) is 17.0 Å². The average Bonchev–Trinajstić information content (AvgIpc) is 3.35. The molecule has 1 aromatic carbocycles. The Hall–Kier alpha value is -2.78. The van der Waals surface area contributed by atoms with Crippen molar-refractivity contribution in [3.63, 3.8) is 0 Å². The lowest BCUT2D eigenvalue weighted by Crippen LogP contribution is -2.16. The normalized spacial score (nSPS) is 16.3. The number of rotatable bonds is 6. The van der Waals surface area contributed by atoms with Gasteiger partial charge in [-0.05, 0) is 49.9 Å². The smallest absolute Gasteiger partial charge is 0.144 e. The number of aromatic amines is 2. The summed E-state index contributed by atoms with van der Waals surface area (Å²) in [5.74, 6) is 1.50. The van der Waals surface area contributed by atoms with E-state index in [9.17, 15) is 0 Å². The number of methoxy groups -OCH3 is 1. The van der Waals surface area contributed by atoms with Gasteiger partial charge in [0.2, 0.25) is 0 Å². The molecular formula is C20H22N6O2S. The highest BCUT2D eigenvalue weighted by atomic mass is 32.2. The molecule has 3 heterocycles. The zero-order chi connectivity index (χ0) is 19.8.